The van der Waals surface area contributed by atoms with Crippen LogP contribution < -0.4 is 10.4 Å². The van der Waals surface area contributed by atoms with Crippen LogP contribution in [0, 0.1) is 0 Å². The van der Waals surface area contributed by atoms with Gasteiger partial charge >= 0.3 is 0 Å². The molecule has 0 aliphatic heterocycles. The largest absolute Gasteiger partial charge is 0.401 e. The summed E-state index contributed by atoms with van der Waals surface area (Å²) in [5.41, 5.74) is 0. The fraction of sp³-hybridized carbons (Fsp3) is 0.429. The number of aliphatic hydroxyl groups is 1. The van der Waals surface area contributed by atoms with Gasteiger partial charge in [0.1, 0.15) is 0 Å². The van der Waals surface area contributed by atoms with Crippen molar-refractivity contribution in [3.63, 3.8) is 0 Å². The summed E-state index contributed by atoms with van der Waals surface area (Å²) in [6.07, 6.45) is 13.7. The lowest BCUT2D eigenvalue weighted by Gasteiger charge is -2.45. The predicted molar refractivity (Wildman–Crippen MR) is 137 cm³/mol. The van der Waals surface area contributed by atoms with Crippen molar-refractivity contribution in [1.82, 2.24) is 0 Å². The van der Waals surface area contributed by atoms with E-state index in [0.29, 0.717) is 6.42 Å². The third kappa shape index (κ3) is 7.03. The van der Waals surface area contributed by atoms with E-state index < -0.39 is 8.32 Å². The second-order valence-electron chi connectivity index (χ2n) is 9.14. The maximum absolute atomic E-state index is 9.02. The SMILES string of the molecule is CCCCC[C@@H](/C=C/C=C/CCO)O[Si](c1ccccc1)(c1ccccc1)C(C)(C)C. The topological polar surface area (TPSA) is 29.5 Å². The molecule has 0 bridgehead atoms. The van der Waals surface area contributed by atoms with E-state index in [0.717, 1.165) is 12.8 Å². The second-order valence-corrected chi connectivity index (χ2v) is 13.4. The average molecular weight is 437 g/mol. The van der Waals surface area contributed by atoms with Crippen LogP contribution in [0.3, 0.4) is 0 Å². The Morgan fingerprint density at radius 2 is 1.48 bits per heavy atom. The third-order valence-electron chi connectivity index (χ3n) is 5.71. The third-order valence-corrected chi connectivity index (χ3v) is 10.8. The van der Waals surface area contributed by atoms with Gasteiger partial charge in [-0.3, -0.25) is 0 Å². The van der Waals surface area contributed by atoms with Crippen LogP contribution in [0.5, 0.6) is 0 Å². The Kier molecular flexibility index (Phi) is 10.5. The summed E-state index contributed by atoms with van der Waals surface area (Å²) in [7, 11) is -2.56. The minimum Gasteiger partial charge on any atom is -0.401 e. The van der Waals surface area contributed by atoms with Crippen molar-refractivity contribution in [3.05, 3.63) is 85.0 Å². The van der Waals surface area contributed by atoms with Crippen LogP contribution in [0.25, 0.3) is 0 Å². The Bertz CT molecular complexity index is 751. The minimum atomic E-state index is -2.56. The molecule has 0 radical (unpaired) electrons. The van der Waals surface area contributed by atoms with E-state index in [1.807, 2.05) is 12.2 Å². The molecule has 0 saturated carbocycles. The van der Waals surface area contributed by atoms with E-state index in [1.165, 1.54) is 23.2 Å². The molecule has 0 aliphatic carbocycles. The number of hydrogen-bond donors (Lipinski definition) is 1. The van der Waals surface area contributed by atoms with Crippen LogP contribution in [0.1, 0.15) is 59.8 Å². The average Bonchev–Trinajstić information content (AvgIpc) is 2.77. The van der Waals surface area contributed by atoms with E-state index in [1.54, 1.807) is 0 Å². The summed E-state index contributed by atoms with van der Waals surface area (Å²) in [5.74, 6) is 0. The highest BCUT2D eigenvalue weighted by Gasteiger charge is 2.51. The molecule has 0 fully saturated rings. The van der Waals surface area contributed by atoms with E-state index in [-0.39, 0.29) is 17.7 Å². The second kappa shape index (κ2) is 12.8. The van der Waals surface area contributed by atoms with Crippen molar-refractivity contribution < 1.29 is 9.53 Å². The molecule has 2 aromatic rings. The molecular weight excluding hydrogens is 396 g/mol. The highest BCUT2D eigenvalue weighted by Crippen LogP contribution is 2.38. The molecular formula is C28H40O2Si. The van der Waals surface area contributed by atoms with E-state index in [9.17, 15) is 0 Å². The Hall–Kier alpha value is -1.94. The summed E-state index contributed by atoms with van der Waals surface area (Å²) in [4.78, 5) is 0. The molecule has 1 atom stereocenters. The molecule has 0 spiro atoms. The first kappa shape index (κ1) is 25.3. The Labute approximate surface area is 190 Å². The summed E-state index contributed by atoms with van der Waals surface area (Å²) < 4.78 is 7.30. The van der Waals surface area contributed by atoms with E-state index >= 15 is 0 Å². The van der Waals surface area contributed by atoms with Gasteiger partial charge in [-0.1, -0.05) is 132 Å². The first-order valence-corrected chi connectivity index (χ1v) is 13.6. The molecule has 2 aromatic carbocycles. The molecule has 0 aliphatic rings. The van der Waals surface area contributed by atoms with Crippen molar-refractivity contribution in [2.45, 2.75) is 70.9 Å². The van der Waals surface area contributed by atoms with Gasteiger partial charge in [0.25, 0.3) is 8.32 Å². The molecule has 2 rings (SSSR count). The number of unbranched alkanes of at least 4 members (excludes halogenated alkanes) is 2. The van der Waals surface area contributed by atoms with Gasteiger partial charge in [-0.25, -0.2) is 0 Å². The summed E-state index contributed by atoms with van der Waals surface area (Å²) >= 11 is 0. The maximum atomic E-state index is 9.02. The van der Waals surface area contributed by atoms with E-state index in [4.69, 9.17) is 9.53 Å². The molecule has 0 amide bonds. The standard InChI is InChI=1S/C28H40O2Si/c1-5-6-11-18-25(19-12-7-8-17-24-29)30-31(28(2,3)4,26-20-13-9-14-21-26)27-22-15-10-16-23-27/h7-10,12-16,19-23,25,29H,5-6,11,17-18,24H2,1-4H3/b8-7+,19-12+/t25-/m0/s1. The van der Waals surface area contributed by atoms with Crippen molar-refractivity contribution >= 4 is 18.7 Å². The van der Waals surface area contributed by atoms with Crippen LogP contribution in [0.2, 0.25) is 5.04 Å². The van der Waals surface area contributed by atoms with Crippen molar-refractivity contribution in [2.75, 3.05) is 6.61 Å². The monoisotopic (exact) mass is 436 g/mol. The Morgan fingerprint density at radius 1 is 0.903 bits per heavy atom. The lowest BCUT2D eigenvalue weighted by atomic mass is 10.1. The first-order chi connectivity index (χ1) is 15.0. The van der Waals surface area contributed by atoms with Gasteiger partial charge in [-0.2, -0.15) is 0 Å². The predicted octanol–water partition coefficient (Wildman–Crippen LogP) is 6.01. The van der Waals surface area contributed by atoms with Crippen LogP contribution in [-0.4, -0.2) is 26.1 Å². The molecule has 3 heteroatoms. The zero-order valence-electron chi connectivity index (χ0n) is 19.8. The van der Waals surface area contributed by atoms with Gasteiger partial charge in [0.05, 0.1) is 6.10 Å². The van der Waals surface area contributed by atoms with E-state index in [2.05, 4.69) is 101 Å². The zero-order valence-corrected chi connectivity index (χ0v) is 20.8. The van der Waals surface area contributed by atoms with Gasteiger partial charge in [0, 0.05) is 6.61 Å². The Balaban J connectivity index is 2.51. The van der Waals surface area contributed by atoms with Gasteiger partial charge in [-0.15, -0.1) is 0 Å². The summed E-state index contributed by atoms with van der Waals surface area (Å²) in [6, 6.07) is 21.7. The molecule has 0 unspecified atom stereocenters. The molecule has 0 heterocycles. The first-order valence-electron chi connectivity index (χ1n) is 11.7. The number of rotatable bonds is 12. The quantitative estimate of drug-likeness (QED) is 0.251. The molecule has 31 heavy (non-hydrogen) atoms. The van der Waals surface area contributed by atoms with Crippen LogP contribution >= 0.6 is 0 Å². The number of aliphatic hydroxyl groups excluding tert-OH is 1. The van der Waals surface area contributed by atoms with Crippen molar-refractivity contribution in [3.8, 4) is 0 Å². The summed E-state index contributed by atoms with van der Waals surface area (Å²) in [5, 5.41) is 11.6. The highest BCUT2D eigenvalue weighted by atomic mass is 28.4. The minimum absolute atomic E-state index is 0.0285. The molecule has 1 N–H and O–H groups in total. The fourth-order valence-electron chi connectivity index (χ4n) is 4.15. The van der Waals surface area contributed by atoms with Crippen LogP contribution in [-0.2, 0) is 4.43 Å². The smallest absolute Gasteiger partial charge is 0.261 e. The van der Waals surface area contributed by atoms with Crippen molar-refractivity contribution in [2.24, 2.45) is 0 Å². The fourth-order valence-corrected chi connectivity index (χ4v) is 8.81. The molecule has 2 nitrogen and oxygen atoms in total. The van der Waals surface area contributed by atoms with Gasteiger partial charge in [-0.05, 0) is 28.3 Å². The Morgan fingerprint density at radius 3 is 1.97 bits per heavy atom. The number of hydrogen-bond acceptors (Lipinski definition) is 2. The summed E-state index contributed by atoms with van der Waals surface area (Å²) in [6.45, 7) is 9.40. The maximum Gasteiger partial charge on any atom is 0.261 e. The number of benzene rings is 2. The van der Waals surface area contributed by atoms with Crippen molar-refractivity contribution in [1.29, 1.82) is 0 Å². The van der Waals surface area contributed by atoms with Crippen LogP contribution in [0.4, 0.5) is 0 Å². The van der Waals surface area contributed by atoms with Crippen LogP contribution in [0.15, 0.2) is 85.0 Å². The highest BCUT2D eigenvalue weighted by molar-refractivity contribution is 6.99. The molecule has 0 aromatic heterocycles. The lowest BCUT2D eigenvalue weighted by molar-refractivity contribution is 0.218. The normalized spacial score (nSPS) is 13.8. The van der Waals surface area contributed by atoms with Gasteiger partial charge < -0.3 is 9.53 Å². The molecule has 0 saturated heterocycles. The zero-order chi connectivity index (χ0) is 22.6. The lowest BCUT2D eigenvalue weighted by Crippen LogP contribution is -2.67. The van der Waals surface area contributed by atoms with Gasteiger partial charge in [0.15, 0.2) is 0 Å². The van der Waals surface area contributed by atoms with Gasteiger partial charge in [0.2, 0.25) is 0 Å². The number of allylic oxidation sites excluding steroid dienone is 2. The molecule has 168 valence electrons.